The van der Waals surface area contributed by atoms with Crippen LogP contribution in [0.5, 0.6) is 0 Å². The van der Waals surface area contributed by atoms with Crippen LogP contribution in [-0.4, -0.2) is 33.2 Å². The molecule has 1 aromatic carbocycles. The number of carbonyl (C=O) groups is 1. The number of nitrogens with zero attached hydrogens (tertiary/aromatic N) is 2. The molecule has 5 nitrogen and oxygen atoms in total. The Kier molecular flexibility index (Phi) is 6.35. The first-order valence-corrected chi connectivity index (χ1v) is 8.06. The fourth-order valence-corrected chi connectivity index (χ4v) is 2.51. The number of amides is 1. The lowest BCUT2D eigenvalue weighted by Crippen LogP contribution is -2.33. The third kappa shape index (κ3) is 5.53. The minimum Gasteiger partial charge on any atom is -0.391 e. The molecule has 0 bridgehead atoms. The van der Waals surface area contributed by atoms with E-state index in [9.17, 15) is 9.90 Å². The van der Waals surface area contributed by atoms with Crippen LogP contribution in [0.25, 0.3) is 0 Å². The number of hydrogen-bond acceptors (Lipinski definition) is 3. The molecule has 0 aliphatic rings. The van der Waals surface area contributed by atoms with Crippen molar-refractivity contribution in [3.05, 3.63) is 54.1 Å². The van der Waals surface area contributed by atoms with Crippen molar-refractivity contribution in [3.8, 4) is 0 Å². The van der Waals surface area contributed by atoms with Gasteiger partial charge < -0.3 is 15.0 Å². The van der Waals surface area contributed by atoms with Crippen molar-refractivity contribution in [2.24, 2.45) is 0 Å². The molecule has 0 fully saturated rings. The zero-order valence-electron chi connectivity index (χ0n) is 13.8. The van der Waals surface area contributed by atoms with Crippen LogP contribution in [0.2, 0.25) is 0 Å². The van der Waals surface area contributed by atoms with Crippen LogP contribution in [-0.2, 0) is 17.8 Å². The molecule has 2 N–H and O–H groups in total. The highest BCUT2D eigenvalue weighted by atomic mass is 16.3. The average Bonchev–Trinajstić information content (AvgIpc) is 3.01. The van der Waals surface area contributed by atoms with Gasteiger partial charge in [0.15, 0.2) is 0 Å². The molecule has 1 atom stereocenters. The Morgan fingerprint density at radius 2 is 2.04 bits per heavy atom. The highest BCUT2D eigenvalue weighted by Gasteiger charge is 2.10. The second-order valence-electron chi connectivity index (χ2n) is 6.03. The molecule has 0 aliphatic heterocycles. The second kappa shape index (κ2) is 8.48. The van der Waals surface area contributed by atoms with Gasteiger partial charge >= 0.3 is 0 Å². The lowest BCUT2D eigenvalue weighted by atomic mass is 10.1. The number of aliphatic hydroxyl groups excluding tert-OH is 1. The smallest absolute Gasteiger partial charge is 0.221 e. The molecule has 2 rings (SSSR count). The van der Waals surface area contributed by atoms with Gasteiger partial charge in [0.25, 0.3) is 0 Å². The SMILES string of the molecule is CC(C)c1nccn1CCC(=O)NCC(O)Cc1ccccc1. The minimum atomic E-state index is -0.569. The van der Waals surface area contributed by atoms with Gasteiger partial charge in [-0.25, -0.2) is 4.98 Å². The Labute approximate surface area is 137 Å². The number of carbonyl (C=O) groups excluding carboxylic acids is 1. The Hall–Kier alpha value is -2.14. The van der Waals surface area contributed by atoms with Gasteiger partial charge in [-0.3, -0.25) is 4.79 Å². The first-order chi connectivity index (χ1) is 11.1. The highest BCUT2D eigenvalue weighted by Crippen LogP contribution is 2.11. The summed E-state index contributed by atoms with van der Waals surface area (Å²) in [6, 6.07) is 9.77. The molecule has 2 aromatic rings. The predicted molar refractivity (Wildman–Crippen MR) is 90.1 cm³/mol. The molecule has 1 amide bonds. The summed E-state index contributed by atoms with van der Waals surface area (Å²) >= 11 is 0. The van der Waals surface area contributed by atoms with E-state index in [1.807, 2.05) is 41.1 Å². The Bertz CT molecular complexity index is 608. The fraction of sp³-hybridized carbons (Fsp3) is 0.444. The summed E-state index contributed by atoms with van der Waals surface area (Å²) in [4.78, 5) is 16.2. The number of nitrogens with one attached hydrogen (secondary N) is 1. The van der Waals surface area contributed by atoms with Gasteiger partial charge in [-0.05, 0) is 5.56 Å². The van der Waals surface area contributed by atoms with E-state index in [-0.39, 0.29) is 12.5 Å². The molecule has 0 aliphatic carbocycles. The zero-order valence-corrected chi connectivity index (χ0v) is 13.8. The number of aliphatic hydroxyl groups is 1. The molecule has 5 heteroatoms. The number of aryl methyl sites for hydroxylation is 1. The van der Waals surface area contributed by atoms with Gasteiger partial charge in [-0.15, -0.1) is 0 Å². The van der Waals surface area contributed by atoms with E-state index in [0.29, 0.717) is 25.3 Å². The van der Waals surface area contributed by atoms with E-state index >= 15 is 0 Å². The predicted octanol–water partition coefficient (Wildman–Crippen LogP) is 2.12. The Morgan fingerprint density at radius 3 is 2.74 bits per heavy atom. The first-order valence-electron chi connectivity index (χ1n) is 8.06. The monoisotopic (exact) mass is 315 g/mol. The van der Waals surface area contributed by atoms with Crippen molar-refractivity contribution in [1.29, 1.82) is 0 Å². The van der Waals surface area contributed by atoms with E-state index < -0.39 is 6.10 Å². The summed E-state index contributed by atoms with van der Waals surface area (Å²) in [6.07, 6.45) is 4.01. The van der Waals surface area contributed by atoms with Gasteiger partial charge in [0.2, 0.25) is 5.91 Å². The van der Waals surface area contributed by atoms with Crippen LogP contribution in [0.4, 0.5) is 0 Å². The summed E-state index contributed by atoms with van der Waals surface area (Å²) in [5.74, 6) is 1.27. The number of imidazole rings is 1. The zero-order chi connectivity index (χ0) is 16.7. The molecule has 1 aromatic heterocycles. The van der Waals surface area contributed by atoms with Gasteiger partial charge in [0.1, 0.15) is 5.82 Å². The van der Waals surface area contributed by atoms with Crippen LogP contribution < -0.4 is 5.32 Å². The van der Waals surface area contributed by atoms with E-state index in [4.69, 9.17) is 0 Å². The van der Waals surface area contributed by atoms with E-state index in [0.717, 1.165) is 11.4 Å². The third-order valence-electron chi connectivity index (χ3n) is 3.69. The fourth-order valence-electron chi connectivity index (χ4n) is 2.51. The van der Waals surface area contributed by atoms with Crippen molar-refractivity contribution < 1.29 is 9.90 Å². The van der Waals surface area contributed by atoms with Crippen LogP contribution >= 0.6 is 0 Å². The Balaban J connectivity index is 1.71. The molecule has 0 radical (unpaired) electrons. The van der Waals surface area contributed by atoms with Gasteiger partial charge in [-0.1, -0.05) is 44.2 Å². The normalized spacial score (nSPS) is 12.3. The van der Waals surface area contributed by atoms with E-state index in [1.54, 1.807) is 6.20 Å². The molecule has 23 heavy (non-hydrogen) atoms. The summed E-state index contributed by atoms with van der Waals surface area (Å²) in [5, 5.41) is 12.8. The first kappa shape index (κ1) is 17.2. The Morgan fingerprint density at radius 1 is 1.30 bits per heavy atom. The molecule has 1 heterocycles. The molecule has 124 valence electrons. The minimum absolute atomic E-state index is 0.0551. The standard InChI is InChI=1S/C18H25N3O2/c1-14(2)18-19-9-11-21(18)10-8-17(23)20-13-16(22)12-15-6-4-3-5-7-15/h3-7,9,11,14,16,22H,8,10,12-13H2,1-2H3,(H,20,23). The lowest BCUT2D eigenvalue weighted by Gasteiger charge is -2.13. The quantitative estimate of drug-likeness (QED) is 0.784. The van der Waals surface area contributed by atoms with Crippen molar-refractivity contribution >= 4 is 5.91 Å². The van der Waals surface area contributed by atoms with E-state index in [1.165, 1.54) is 0 Å². The summed E-state index contributed by atoms with van der Waals surface area (Å²) < 4.78 is 2.00. The van der Waals surface area contributed by atoms with Crippen LogP contribution in [0, 0.1) is 0 Å². The second-order valence-corrected chi connectivity index (χ2v) is 6.03. The molecule has 1 unspecified atom stereocenters. The van der Waals surface area contributed by atoms with Crippen LogP contribution in [0.15, 0.2) is 42.7 Å². The molecule has 0 saturated heterocycles. The van der Waals surface area contributed by atoms with Crippen LogP contribution in [0.3, 0.4) is 0 Å². The van der Waals surface area contributed by atoms with Crippen molar-refractivity contribution in [2.75, 3.05) is 6.54 Å². The van der Waals surface area contributed by atoms with Crippen molar-refractivity contribution in [2.45, 2.75) is 45.3 Å². The summed E-state index contributed by atoms with van der Waals surface area (Å²) in [6.45, 7) is 5.04. The van der Waals surface area contributed by atoms with Gasteiger partial charge in [-0.2, -0.15) is 0 Å². The average molecular weight is 315 g/mol. The maximum Gasteiger partial charge on any atom is 0.221 e. The molecule has 0 spiro atoms. The number of hydrogen-bond donors (Lipinski definition) is 2. The summed E-state index contributed by atoms with van der Waals surface area (Å²) in [5.41, 5.74) is 1.06. The number of benzene rings is 1. The van der Waals surface area contributed by atoms with Crippen LogP contribution in [0.1, 0.15) is 37.6 Å². The largest absolute Gasteiger partial charge is 0.391 e. The van der Waals surface area contributed by atoms with Gasteiger partial charge in [0, 0.05) is 44.2 Å². The maximum atomic E-state index is 11.9. The number of rotatable bonds is 8. The van der Waals surface area contributed by atoms with Crippen molar-refractivity contribution in [3.63, 3.8) is 0 Å². The van der Waals surface area contributed by atoms with Crippen molar-refractivity contribution in [1.82, 2.24) is 14.9 Å². The molecular weight excluding hydrogens is 290 g/mol. The van der Waals surface area contributed by atoms with E-state index in [2.05, 4.69) is 24.1 Å². The topological polar surface area (TPSA) is 67.2 Å². The highest BCUT2D eigenvalue weighted by molar-refractivity contribution is 5.75. The number of aromatic nitrogens is 2. The third-order valence-corrected chi connectivity index (χ3v) is 3.69. The molecule has 0 saturated carbocycles. The maximum absolute atomic E-state index is 11.9. The molecular formula is C18H25N3O2. The lowest BCUT2D eigenvalue weighted by molar-refractivity contribution is -0.121. The van der Waals surface area contributed by atoms with Gasteiger partial charge in [0.05, 0.1) is 6.10 Å². The summed E-state index contributed by atoms with van der Waals surface area (Å²) in [7, 11) is 0.